The van der Waals surface area contributed by atoms with Crippen LogP contribution in [0.5, 0.6) is 0 Å². The molecule has 0 spiro atoms. The lowest BCUT2D eigenvalue weighted by Crippen LogP contribution is -2.42. The number of aliphatic hydroxyl groups is 1. The third-order valence-electron chi connectivity index (χ3n) is 2.44. The van der Waals surface area contributed by atoms with E-state index in [1.54, 1.807) is 18.9 Å². The van der Waals surface area contributed by atoms with E-state index < -0.39 is 0 Å². The second-order valence-corrected chi connectivity index (χ2v) is 4.15. The molecule has 0 saturated heterocycles. The largest absolute Gasteiger partial charge is 0.393 e. The zero-order chi connectivity index (χ0) is 11.8. The van der Waals surface area contributed by atoms with Crippen molar-refractivity contribution in [3.8, 4) is 0 Å². The molecule has 0 rings (SSSR count). The molecule has 0 bridgehead atoms. The number of likely N-dealkylation sites (N-methyl/N-ethyl adjacent to an activating group) is 1. The molecular weight excluding hydrogens is 192 g/mol. The van der Waals surface area contributed by atoms with Crippen LogP contribution in [0.1, 0.15) is 39.5 Å². The van der Waals surface area contributed by atoms with Crippen LogP contribution in [0.4, 0.5) is 0 Å². The highest BCUT2D eigenvalue weighted by Gasteiger charge is 2.17. The highest BCUT2D eigenvalue weighted by molar-refractivity contribution is 5.81. The molecule has 0 aliphatic heterocycles. The van der Waals surface area contributed by atoms with E-state index in [0.29, 0.717) is 13.0 Å². The molecule has 0 aromatic rings. The molecule has 90 valence electrons. The third kappa shape index (κ3) is 6.47. The Balaban J connectivity index is 3.85. The molecule has 0 heterocycles. The van der Waals surface area contributed by atoms with Crippen molar-refractivity contribution in [2.45, 2.75) is 51.7 Å². The van der Waals surface area contributed by atoms with Crippen molar-refractivity contribution in [2.24, 2.45) is 5.73 Å². The maximum atomic E-state index is 11.7. The second-order valence-electron chi connectivity index (χ2n) is 4.15. The van der Waals surface area contributed by atoms with Crippen LogP contribution in [0.25, 0.3) is 0 Å². The van der Waals surface area contributed by atoms with Crippen LogP contribution in [0.3, 0.4) is 0 Å². The first kappa shape index (κ1) is 14.4. The molecular formula is C11H24N2O2. The van der Waals surface area contributed by atoms with Gasteiger partial charge < -0.3 is 15.7 Å². The van der Waals surface area contributed by atoms with E-state index in [0.717, 1.165) is 19.3 Å². The summed E-state index contributed by atoms with van der Waals surface area (Å²) in [5, 5.41) is 9.09. The number of amides is 1. The predicted octanol–water partition coefficient (Wildman–Crippen LogP) is 0.733. The monoisotopic (exact) mass is 216 g/mol. The van der Waals surface area contributed by atoms with Crippen LogP contribution < -0.4 is 5.73 Å². The first-order chi connectivity index (χ1) is 6.99. The van der Waals surface area contributed by atoms with E-state index in [2.05, 4.69) is 6.92 Å². The molecule has 0 fully saturated rings. The van der Waals surface area contributed by atoms with Gasteiger partial charge in [-0.15, -0.1) is 0 Å². The van der Waals surface area contributed by atoms with E-state index in [1.807, 2.05) is 0 Å². The fourth-order valence-corrected chi connectivity index (χ4v) is 1.32. The van der Waals surface area contributed by atoms with Gasteiger partial charge in [-0.3, -0.25) is 4.79 Å². The van der Waals surface area contributed by atoms with Gasteiger partial charge in [-0.25, -0.2) is 0 Å². The molecule has 15 heavy (non-hydrogen) atoms. The Bertz CT molecular complexity index is 183. The van der Waals surface area contributed by atoms with Gasteiger partial charge in [0.25, 0.3) is 0 Å². The van der Waals surface area contributed by atoms with E-state index in [1.165, 1.54) is 0 Å². The second kappa shape index (κ2) is 7.65. The van der Waals surface area contributed by atoms with Crippen molar-refractivity contribution in [2.75, 3.05) is 13.6 Å². The number of carbonyl (C=O) groups excluding carboxylic acids is 1. The number of hydrogen-bond donors (Lipinski definition) is 2. The minimum Gasteiger partial charge on any atom is -0.393 e. The summed E-state index contributed by atoms with van der Waals surface area (Å²) in [5.41, 5.74) is 5.76. The highest BCUT2D eigenvalue weighted by Crippen LogP contribution is 2.02. The minimum absolute atomic E-state index is 0.0240. The van der Waals surface area contributed by atoms with Crippen molar-refractivity contribution in [3.63, 3.8) is 0 Å². The molecule has 0 aliphatic rings. The number of nitrogens with zero attached hydrogens (tertiary/aromatic N) is 1. The maximum absolute atomic E-state index is 11.7. The van der Waals surface area contributed by atoms with Crippen LogP contribution in [-0.4, -0.2) is 41.7 Å². The number of unbranched alkanes of at least 4 members (excludes halogenated alkanes) is 1. The van der Waals surface area contributed by atoms with Gasteiger partial charge in [0.05, 0.1) is 12.1 Å². The highest BCUT2D eigenvalue weighted by atomic mass is 16.3. The Morgan fingerprint density at radius 2 is 2.07 bits per heavy atom. The first-order valence-corrected chi connectivity index (χ1v) is 5.67. The summed E-state index contributed by atoms with van der Waals surface area (Å²) in [7, 11) is 1.73. The zero-order valence-electron chi connectivity index (χ0n) is 10.1. The van der Waals surface area contributed by atoms with Crippen molar-refractivity contribution in [1.82, 2.24) is 4.90 Å². The number of nitrogens with two attached hydrogens (primary N) is 1. The summed E-state index contributed by atoms with van der Waals surface area (Å²) in [6.07, 6.45) is 3.01. The van der Waals surface area contributed by atoms with Gasteiger partial charge in [0.15, 0.2) is 0 Å². The van der Waals surface area contributed by atoms with E-state index >= 15 is 0 Å². The molecule has 0 aliphatic carbocycles. The topological polar surface area (TPSA) is 66.6 Å². The summed E-state index contributed by atoms with van der Waals surface area (Å²) in [6, 6.07) is -0.385. The first-order valence-electron chi connectivity index (χ1n) is 5.67. The van der Waals surface area contributed by atoms with Crippen molar-refractivity contribution >= 4 is 5.91 Å². The quantitative estimate of drug-likeness (QED) is 0.659. The van der Waals surface area contributed by atoms with Crippen LogP contribution in [0.15, 0.2) is 0 Å². The van der Waals surface area contributed by atoms with E-state index in [9.17, 15) is 4.79 Å². The van der Waals surface area contributed by atoms with Crippen molar-refractivity contribution in [3.05, 3.63) is 0 Å². The van der Waals surface area contributed by atoms with Gasteiger partial charge in [0, 0.05) is 13.6 Å². The summed E-state index contributed by atoms with van der Waals surface area (Å²) in [5.74, 6) is -0.0240. The normalized spacial score (nSPS) is 14.7. The number of carbonyl (C=O) groups is 1. The Morgan fingerprint density at radius 1 is 1.47 bits per heavy atom. The van der Waals surface area contributed by atoms with Gasteiger partial charge >= 0.3 is 0 Å². The van der Waals surface area contributed by atoms with E-state index in [-0.39, 0.29) is 18.1 Å². The standard InChI is InChI=1S/C11H24N2O2/c1-4-5-6-10(12)11(15)13(3)8-7-9(2)14/h9-10,14H,4-8,12H2,1-3H3. The lowest BCUT2D eigenvalue weighted by Gasteiger charge is -2.21. The molecule has 1 amide bonds. The van der Waals surface area contributed by atoms with Crippen LogP contribution in [-0.2, 0) is 4.79 Å². The SMILES string of the molecule is CCCCC(N)C(=O)N(C)CCC(C)O. The maximum Gasteiger partial charge on any atom is 0.239 e. The van der Waals surface area contributed by atoms with E-state index in [4.69, 9.17) is 10.8 Å². The average Bonchev–Trinajstić information content (AvgIpc) is 2.21. The molecule has 3 N–H and O–H groups in total. The number of aliphatic hydroxyl groups excluding tert-OH is 1. The zero-order valence-corrected chi connectivity index (χ0v) is 10.1. The van der Waals surface area contributed by atoms with Gasteiger partial charge in [0.2, 0.25) is 5.91 Å². The fraction of sp³-hybridized carbons (Fsp3) is 0.909. The number of rotatable bonds is 7. The lowest BCUT2D eigenvalue weighted by atomic mass is 10.1. The molecule has 0 saturated carbocycles. The van der Waals surface area contributed by atoms with Gasteiger partial charge in [-0.05, 0) is 19.8 Å². The molecule has 4 heteroatoms. The summed E-state index contributed by atoms with van der Waals surface area (Å²) in [6.45, 7) is 4.36. The Morgan fingerprint density at radius 3 is 2.53 bits per heavy atom. The molecule has 0 aromatic heterocycles. The van der Waals surface area contributed by atoms with Crippen LogP contribution in [0.2, 0.25) is 0 Å². The average molecular weight is 216 g/mol. The van der Waals surface area contributed by atoms with Crippen LogP contribution >= 0.6 is 0 Å². The smallest absolute Gasteiger partial charge is 0.239 e. The Kier molecular flexibility index (Phi) is 7.34. The van der Waals surface area contributed by atoms with Crippen molar-refractivity contribution in [1.29, 1.82) is 0 Å². The number of hydrogen-bond acceptors (Lipinski definition) is 3. The molecule has 2 atom stereocenters. The van der Waals surface area contributed by atoms with Gasteiger partial charge in [0.1, 0.15) is 0 Å². The minimum atomic E-state index is -0.385. The molecule has 0 aromatic carbocycles. The van der Waals surface area contributed by atoms with Crippen LogP contribution in [0, 0.1) is 0 Å². The predicted molar refractivity (Wildman–Crippen MR) is 61.4 cm³/mol. The van der Waals surface area contributed by atoms with Crippen molar-refractivity contribution < 1.29 is 9.90 Å². The summed E-state index contributed by atoms with van der Waals surface area (Å²) >= 11 is 0. The third-order valence-corrected chi connectivity index (χ3v) is 2.44. The van der Waals surface area contributed by atoms with Gasteiger partial charge in [-0.1, -0.05) is 19.8 Å². The lowest BCUT2D eigenvalue weighted by molar-refractivity contribution is -0.131. The summed E-state index contributed by atoms with van der Waals surface area (Å²) < 4.78 is 0. The Hall–Kier alpha value is -0.610. The molecule has 4 nitrogen and oxygen atoms in total. The summed E-state index contributed by atoms with van der Waals surface area (Å²) in [4.78, 5) is 13.3. The molecule has 2 unspecified atom stereocenters. The fourth-order valence-electron chi connectivity index (χ4n) is 1.32. The van der Waals surface area contributed by atoms with Gasteiger partial charge in [-0.2, -0.15) is 0 Å². The Labute approximate surface area is 92.4 Å². The molecule has 0 radical (unpaired) electrons.